The second kappa shape index (κ2) is 8.61. The minimum absolute atomic E-state index is 0.192. The predicted octanol–water partition coefficient (Wildman–Crippen LogP) is 5.68. The predicted molar refractivity (Wildman–Crippen MR) is 122 cm³/mol. The maximum Gasteiger partial charge on any atom is 0.259 e. The van der Waals surface area contributed by atoms with Gasteiger partial charge in [0.2, 0.25) is 5.13 Å². The van der Waals surface area contributed by atoms with Crippen molar-refractivity contribution < 1.29 is 9.53 Å². The van der Waals surface area contributed by atoms with Crippen molar-refractivity contribution >= 4 is 44.0 Å². The highest BCUT2D eigenvalue weighted by atomic mass is 32.1. The van der Waals surface area contributed by atoms with Crippen LogP contribution in [0.3, 0.4) is 0 Å². The van der Waals surface area contributed by atoms with E-state index in [1.54, 1.807) is 13.2 Å². The molecule has 29 heavy (non-hydrogen) atoms. The highest BCUT2D eigenvalue weighted by Crippen LogP contribution is 2.36. The summed E-state index contributed by atoms with van der Waals surface area (Å²) in [7, 11) is 1.58. The fourth-order valence-electron chi connectivity index (χ4n) is 3.13. The molecule has 3 aromatic rings. The monoisotopic (exact) mass is 410 g/mol. The molecular formula is C22H26N4O2S. The van der Waals surface area contributed by atoms with E-state index in [9.17, 15) is 4.79 Å². The molecule has 6 nitrogen and oxygen atoms in total. The number of hydrogen-bond donors (Lipinski definition) is 2. The fourth-order valence-corrected chi connectivity index (χ4v) is 4.02. The van der Waals surface area contributed by atoms with E-state index in [1.807, 2.05) is 45.9 Å². The van der Waals surface area contributed by atoms with Gasteiger partial charge in [-0.05, 0) is 62.9 Å². The topological polar surface area (TPSA) is 75.6 Å². The first-order chi connectivity index (χ1) is 13.8. The average molecular weight is 411 g/mol. The lowest BCUT2D eigenvalue weighted by atomic mass is 10.1. The van der Waals surface area contributed by atoms with Gasteiger partial charge < -0.3 is 10.1 Å². The zero-order valence-electron chi connectivity index (χ0n) is 17.6. The van der Waals surface area contributed by atoms with Crippen molar-refractivity contribution in [2.75, 3.05) is 17.9 Å². The maximum absolute atomic E-state index is 13.0. The summed E-state index contributed by atoms with van der Waals surface area (Å²) in [6.07, 6.45) is 0.884. The molecule has 1 heterocycles. The number of fused-ring (bicyclic) bond motifs is 1. The number of anilines is 2. The molecule has 2 N–H and O–H groups in total. The van der Waals surface area contributed by atoms with Crippen molar-refractivity contribution in [2.45, 2.75) is 41.0 Å². The van der Waals surface area contributed by atoms with Gasteiger partial charge in [-0.1, -0.05) is 30.4 Å². The van der Waals surface area contributed by atoms with Crippen molar-refractivity contribution in [2.24, 2.45) is 5.10 Å². The van der Waals surface area contributed by atoms with E-state index in [0.717, 1.165) is 49.9 Å². The van der Waals surface area contributed by atoms with Crippen LogP contribution < -0.4 is 15.5 Å². The number of thiazole rings is 1. The molecule has 0 aliphatic heterocycles. The zero-order valence-corrected chi connectivity index (χ0v) is 18.5. The number of para-hydroxylation sites is 1. The van der Waals surface area contributed by atoms with Crippen LogP contribution in [0.15, 0.2) is 29.4 Å². The molecule has 152 valence electrons. The number of nitrogens with one attached hydrogen (secondary N) is 2. The highest BCUT2D eigenvalue weighted by Gasteiger charge is 2.18. The second-order valence-electron chi connectivity index (χ2n) is 6.98. The summed E-state index contributed by atoms with van der Waals surface area (Å²) >= 11 is 1.53. The number of hydrazone groups is 1. The number of hydrogen-bond acceptors (Lipinski definition) is 6. The molecule has 3 rings (SSSR count). The van der Waals surface area contributed by atoms with Gasteiger partial charge in [0.1, 0.15) is 5.75 Å². The Morgan fingerprint density at radius 2 is 2.00 bits per heavy atom. The molecule has 0 fully saturated rings. The van der Waals surface area contributed by atoms with Crippen molar-refractivity contribution in [3.63, 3.8) is 0 Å². The minimum Gasteiger partial charge on any atom is -0.496 e. The van der Waals surface area contributed by atoms with Gasteiger partial charge >= 0.3 is 0 Å². The molecule has 2 aromatic carbocycles. The van der Waals surface area contributed by atoms with Crippen LogP contribution in [0.5, 0.6) is 5.75 Å². The maximum atomic E-state index is 13.0. The Morgan fingerprint density at radius 3 is 2.69 bits per heavy atom. The number of methoxy groups -OCH3 is 1. The fraction of sp³-hybridized carbons (Fsp3) is 0.318. The Morgan fingerprint density at radius 1 is 1.24 bits per heavy atom. The van der Waals surface area contributed by atoms with Gasteiger partial charge in [-0.3, -0.25) is 10.2 Å². The van der Waals surface area contributed by atoms with Gasteiger partial charge in [-0.25, -0.2) is 4.98 Å². The lowest BCUT2D eigenvalue weighted by molar-refractivity contribution is 0.102. The highest BCUT2D eigenvalue weighted by molar-refractivity contribution is 7.22. The van der Waals surface area contributed by atoms with Crippen LogP contribution in [0.25, 0.3) is 10.2 Å². The number of carbonyl (C=O) groups is 1. The van der Waals surface area contributed by atoms with E-state index < -0.39 is 0 Å². The summed E-state index contributed by atoms with van der Waals surface area (Å²) in [4.78, 5) is 17.6. The molecule has 0 unspecified atom stereocenters. The number of rotatable bonds is 6. The van der Waals surface area contributed by atoms with E-state index in [0.29, 0.717) is 11.3 Å². The van der Waals surface area contributed by atoms with E-state index in [4.69, 9.17) is 4.74 Å². The SMILES string of the molecule is CC/C(C)=N\Nc1nc2cc(C)c(NC(=O)c3cccc(C)c3OC)c(C)c2s1. The smallest absolute Gasteiger partial charge is 0.259 e. The van der Waals surface area contributed by atoms with Crippen LogP contribution in [0, 0.1) is 20.8 Å². The molecule has 0 aliphatic rings. The third-order valence-electron chi connectivity index (χ3n) is 4.87. The van der Waals surface area contributed by atoms with Crippen LogP contribution in [0.2, 0.25) is 0 Å². The zero-order chi connectivity index (χ0) is 21.1. The summed E-state index contributed by atoms with van der Waals surface area (Å²) in [5, 5.41) is 8.13. The number of ether oxygens (including phenoxy) is 1. The molecular weight excluding hydrogens is 384 g/mol. The number of amides is 1. The number of aromatic nitrogens is 1. The largest absolute Gasteiger partial charge is 0.496 e. The van der Waals surface area contributed by atoms with Gasteiger partial charge in [0.25, 0.3) is 5.91 Å². The Hall–Kier alpha value is -2.93. The third kappa shape index (κ3) is 4.24. The standard InChI is InChI=1S/C22H26N4O2S/c1-7-14(4)25-26-22-23-17-11-13(3)18(15(5)20(17)29-22)24-21(27)16-10-8-9-12(2)19(16)28-6/h8-11H,7H2,1-6H3,(H,23,26)(H,24,27)/b25-14-. The van der Waals surface area contributed by atoms with Gasteiger partial charge in [0.05, 0.1) is 22.9 Å². The van der Waals surface area contributed by atoms with Crippen LogP contribution in [0.1, 0.15) is 47.3 Å². The minimum atomic E-state index is -0.192. The molecule has 0 radical (unpaired) electrons. The summed E-state index contributed by atoms with van der Waals surface area (Å²) < 4.78 is 6.46. The summed E-state index contributed by atoms with van der Waals surface area (Å²) in [5.41, 5.74) is 9.12. The van der Waals surface area contributed by atoms with Crippen molar-refractivity contribution in [3.05, 3.63) is 46.5 Å². The first-order valence-electron chi connectivity index (χ1n) is 9.50. The van der Waals surface area contributed by atoms with Crippen LogP contribution in [-0.4, -0.2) is 23.7 Å². The van der Waals surface area contributed by atoms with E-state index in [-0.39, 0.29) is 5.91 Å². The Balaban J connectivity index is 1.96. The number of nitrogens with zero attached hydrogens (tertiary/aromatic N) is 2. The second-order valence-corrected chi connectivity index (χ2v) is 7.98. The quantitative estimate of drug-likeness (QED) is 0.405. The summed E-state index contributed by atoms with van der Waals surface area (Å²) in [6, 6.07) is 7.54. The molecule has 0 aliphatic carbocycles. The Labute approximate surface area is 175 Å². The summed E-state index contributed by atoms with van der Waals surface area (Å²) in [6.45, 7) is 9.93. The van der Waals surface area contributed by atoms with E-state index in [1.165, 1.54) is 11.3 Å². The van der Waals surface area contributed by atoms with E-state index in [2.05, 4.69) is 27.8 Å². The van der Waals surface area contributed by atoms with Gasteiger partial charge in [-0.15, -0.1) is 0 Å². The van der Waals surface area contributed by atoms with Crippen LogP contribution >= 0.6 is 11.3 Å². The molecule has 0 saturated heterocycles. The first-order valence-corrected chi connectivity index (χ1v) is 10.3. The van der Waals surface area contributed by atoms with Gasteiger partial charge in [-0.2, -0.15) is 5.10 Å². The molecule has 0 atom stereocenters. The number of aryl methyl sites for hydroxylation is 3. The van der Waals surface area contributed by atoms with E-state index >= 15 is 0 Å². The summed E-state index contributed by atoms with van der Waals surface area (Å²) in [5.74, 6) is 0.400. The van der Waals surface area contributed by atoms with Crippen molar-refractivity contribution in [1.29, 1.82) is 0 Å². The number of benzene rings is 2. The van der Waals surface area contributed by atoms with Crippen molar-refractivity contribution in [1.82, 2.24) is 4.98 Å². The van der Waals surface area contributed by atoms with Crippen LogP contribution in [-0.2, 0) is 0 Å². The first kappa shape index (κ1) is 20.8. The Bertz CT molecular complexity index is 1100. The molecule has 0 saturated carbocycles. The molecule has 0 spiro atoms. The van der Waals surface area contributed by atoms with Gasteiger partial charge in [0.15, 0.2) is 0 Å². The van der Waals surface area contributed by atoms with Gasteiger partial charge in [0, 0.05) is 11.4 Å². The average Bonchev–Trinajstić information content (AvgIpc) is 3.11. The Kier molecular flexibility index (Phi) is 6.17. The molecule has 7 heteroatoms. The molecule has 0 bridgehead atoms. The van der Waals surface area contributed by atoms with Crippen molar-refractivity contribution in [3.8, 4) is 5.75 Å². The normalized spacial score (nSPS) is 11.6. The lowest BCUT2D eigenvalue weighted by Crippen LogP contribution is -2.15. The third-order valence-corrected chi connectivity index (χ3v) is 5.97. The molecule has 1 amide bonds. The van der Waals surface area contributed by atoms with Crippen LogP contribution in [0.4, 0.5) is 10.8 Å². The molecule has 1 aromatic heterocycles. The lowest BCUT2D eigenvalue weighted by Gasteiger charge is -2.15. The number of carbonyl (C=O) groups excluding carboxylic acids is 1.